The third kappa shape index (κ3) is 1.71. The number of rotatable bonds is 3. The number of nitrogens with zero attached hydrogens (tertiary/aromatic N) is 2. The fraction of sp³-hybridized carbons (Fsp3) is 0.667. The van der Waals surface area contributed by atoms with E-state index in [4.69, 9.17) is 16.3 Å². The van der Waals surface area contributed by atoms with Crippen molar-refractivity contribution in [2.45, 2.75) is 30.9 Å². The van der Waals surface area contributed by atoms with Crippen LogP contribution in [0.4, 0.5) is 0 Å². The van der Waals surface area contributed by atoms with E-state index in [9.17, 15) is 0 Å². The molecule has 0 aromatic carbocycles. The van der Waals surface area contributed by atoms with E-state index in [0.29, 0.717) is 18.0 Å². The first-order chi connectivity index (χ1) is 6.33. The fourth-order valence-electron chi connectivity index (χ4n) is 1.62. The Morgan fingerprint density at radius 1 is 1.69 bits per heavy atom. The van der Waals surface area contributed by atoms with E-state index in [1.165, 1.54) is 0 Å². The predicted octanol–water partition coefficient (Wildman–Crippen LogP) is 1.97. The molecular weight excluding hydrogens is 188 g/mol. The van der Waals surface area contributed by atoms with E-state index in [0.717, 1.165) is 18.5 Å². The molecule has 1 aliphatic rings. The lowest BCUT2D eigenvalue weighted by Crippen LogP contribution is -2.31. The molecule has 0 N–H and O–H groups in total. The van der Waals surface area contributed by atoms with Gasteiger partial charge in [0, 0.05) is 19.3 Å². The highest BCUT2D eigenvalue weighted by atomic mass is 35.5. The molecule has 0 aliphatic heterocycles. The van der Waals surface area contributed by atoms with Crippen LogP contribution in [0.3, 0.4) is 0 Å². The Morgan fingerprint density at radius 3 is 3.00 bits per heavy atom. The summed E-state index contributed by atoms with van der Waals surface area (Å²) in [5.74, 6) is 0.493. The number of hydrogen-bond acceptors (Lipinski definition) is 2. The second kappa shape index (κ2) is 3.68. The van der Waals surface area contributed by atoms with Gasteiger partial charge < -0.3 is 9.30 Å². The molecule has 0 atom stereocenters. The Hall–Kier alpha value is -0.540. The van der Waals surface area contributed by atoms with Gasteiger partial charge in [-0.2, -0.15) is 0 Å². The molecule has 1 aromatic rings. The molecule has 1 fully saturated rings. The molecule has 2 rings (SSSR count). The first-order valence-corrected chi connectivity index (χ1v) is 4.98. The van der Waals surface area contributed by atoms with Crippen LogP contribution in [0.1, 0.15) is 24.6 Å². The Kier molecular flexibility index (Phi) is 2.56. The number of aromatic nitrogens is 2. The largest absolute Gasteiger partial charge is 0.381 e. The molecular formula is C9H13ClN2O. The molecule has 72 valence electrons. The number of halogens is 1. The second-order valence-electron chi connectivity index (χ2n) is 3.43. The monoisotopic (exact) mass is 200 g/mol. The number of imidazole rings is 1. The first-order valence-electron chi connectivity index (χ1n) is 4.44. The van der Waals surface area contributed by atoms with Crippen LogP contribution >= 0.6 is 11.6 Å². The van der Waals surface area contributed by atoms with Gasteiger partial charge in [-0.15, -0.1) is 11.6 Å². The summed E-state index contributed by atoms with van der Waals surface area (Å²) in [7, 11) is 1.76. The highest BCUT2D eigenvalue weighted by molar-refractivity contribution is 6.16. The van der Waals surface area contributed by atoms with Crippen molar-refractivity contribution in [3.8, 4) is 0 Å². The minimum atomic E-state index is 0.437. The molecule has 13 heavy (non-hydrogen) atoms. The third-order valence-corrected chi connectivity index (χ3v) is 2.89. The lowest BCUT2D eigenvalue weighted by Gasteiger charge is -2.34. The van der Waals surface area contributed by atoms with Crippen LogP contribution in [0, 0.1) is 0 Å². The molecule has 0 amide bonds. The average Bonchev–Trinajstić information content (AvgIpc) is 2.51. The summed E-state index contributed by atoms with van der Waals surface area (Å²) in [6, 6.07) is 0.564. The van der Waals surface area contributed by atoms with Gasteiger partial charge in [0.1, 0.15) is 0 Å². The zero-order valence-corrected chi connectivity index (χ0v) is 8.37. The maximum Gasteiger partial charge on any atom is 0.0952 e. The van der Waals surface area contributed by atoms with Crippen LogP contribution in [0.15, 0.2) is 12.5 Å². The van der Waals surface area contributed by atoms with Gasteiger partial charge in [0.05, 0.1) is 24.0 Å². The maximum atomic E-state index is 5.66. The number of alkyl halides is 1. The molecule has 4 heteroatoms. The Labute approximate surface area is 82.7 Å². The summed E-state index contributed by atoms with van der Waals surface area (Å²) >= 11 is 5.66. The quantitative estimate of drug-likeness (QED) is 0.698. The Bertz CT molecular complexity index is 281. The summed E-state index contributed by atoms with van der Waals surface area (Å²) in [4.78, 5) is 4.18. The fourth-order valence-corrected chi connectivity index (χ4v) is 1.76. The Balaban J connectivity index is 1.95. The van der Waals surface area contributed by atoms with Gasteiger partial charge in [0.2, 0.25) is 0 Å². The van der Waals surface area contributed by atoms with Gasteiger partial charge in [-0.25, -0.2) is 4.98 Å². The zero-order valence-electron chi connectivity index (χ0n) is 7.61. The van der Waals surface area contributed by atoms with E-state index in [1.807, 2.05) is 12.5 Å². The molecule has 3 nitrogen and oxygen atoms in total. The van der Waals surface area contributed by atoms with E-state index in [2.05, 4.69) is 9.55 Å². The van der Waals surface area contributed by atoms with Crippen molar-refractivity contribution in [2.24, 2.45) is 0 Å². The van der Waals surface area contributed by atoms with Crippen LogP contribution in [-0.2, 0) is 10.6 Å². The van der Waals surface area contributed by atoms with Crippen molar-refractivity contribution in [3.63, 3.8) is 0 Å². The lowest BCUT2D eigenvalue weighted by atomic mass is 9.89. The normalized spacial score (nSPS) is 27.2. The molecule has 0 spiro atoms. The van der Waals surface area contributed by atoms with E-state index >= 15 is 0 Å². The SMILES string of the molecule is COC1CC(n2cnc(CCl)c2)C1. The smallest absolute Gasteiger partial charge is 0.0952 e. The van der Waals surface area contributed by atoms with Gasteiger partial charge in [0.15, 0.2) is 0 Å². The summed E-state index contributed by atoms with van der Waals surface area (Å²) in [6.07, 6.45) is 6.49. The summed E-state index contributed by atoms with van der Waals surface area (Å²) < 4.78 is 7.34. The van der Waals surface area contributed by atoms with Crippen molar-refractivity contribution in [1.82, 2.24) is 9.55 Å². The van der Waals surface area contributed by atoms with Crippen LogP contribution < -0.4 is 0 Å². The minimum Gasteiger partial charge on any atom is -0.381 e. The van der Waals surface area contributed by atoms with Gasteiger partial charge in [-0.05, 0) is 12.8 Å². The van der Waals surface area contributed by atoms with Crippen molar-refractivity contribution in [2.75, 3.05) is 7.11 Å². The number of methoxy groups -OCH3 is 1. The van der Waals surface area contributed by atoms with Crippen molar-refractivity contribution >= 4 is 11.6 Å². The molecule has 1 saturated carbocycles. The Morgan fingerprint density at radius 2 is 2.46 bits per heavy atom. The third-order valence-electron chi connectivity index (χ3n) is 2.62. The first kappa shape index (κ1) is 9.03. The summed E-state index contributed by atoms with van der Waals surface area (Å²) in [6.45, 7) is 0. The molecule has 1 aliphatic carbocycles. The van der Waals surface area contributed by atoms with Crippen molar-refractivity contribution in [3.05, 3.63) is 18.2 Å². The standard InChI is InChI=1S/C9H13ClN2O/c1-13-9-2-8(3-9)12-5-7(4-10)11-6-12/h5-6,8-9H,2-4H2,1H3. The minimum absolute atomic E-state index is 0.437. The van der Waals surface area contributed by atoms with Crippen LogP contribution in [0.25, 0.3) is 0 Å². The van der Waals surface area contributed by atoms with Crippen LogP contribution in [0.5, 0.6) is 0 Å². The number of hydrogen-bond donors (Lipinski definition) is 0. The van der Waals surface area contributed by atoms with Gasteiger partial charge in [-0.3, -0.25) is 0 Å². The van der Waals surface area contributed by atoms with E-state index < -0.39 is 0 Å². The van der Waals surface area contributed by atoms with Crippen molar-refractivity contribution in [1.29, 1.82) is 0 Å². The molecule has 1 aromatic heterocycles. The maximum absolute atomic E-state index is 5.66. The molecule has 0 bridgehead atoms. The molecule has 1 heterocycles. The number of ether oxygens (including phenoxy) is 1. The van der Waals surface area contributed by atoms with E-state index in [-0.39, 0.29) is 0 Å². The lowest BCUT2D eigenvalue weighted by molar-refractivity contribution is 0.00614. The van der Waals surface area contributed by atoms with Crippen LogP contribution in [-0.4, -0.2) is 22.8 Å². The van der Waals surface area contributed by atoms with Gasteiger partial charge in [-0.1, -0.05) is 0 Å². The zero-order chi connectivity index (χ0) is 9.26. The van der Waals surface area contributed by atoms with Crippen LogP contribution in [0.2, 0.25) is 0 Å². The highest BCUT2D eigenvalue weighted by Gasteiger charge is 2.30. The van der Waals surface area contributed by atoms with E-state index in [1.54, 1.807) is 7.11 Å². The van der Waals surface area contributed by atoms with Crippen molar-refractivity contribution < 1.29 is 4.74 Å². The van der Waals surface area contributed by atoms with Gasteiger partial charge in [0.25, 0.3) is 0 Å². The summed E-state index contributed by atoms with van der Waals surface area (Å²) in [5.41, 5.74) is 0.947. The molecule has 0 saturated heterocycles. The summed E-state index contributed by atoms with van der Waals surface area (Å²) in [5, 5.41) is 0. The second-order valence-corrected chi connectivity index (χ2v) is 3.70. The molecule has 0 unspecified atom stereocenters. The predicted molar refractivity (Wildman–Crippen MR) is 50.9 cm³/mol. The average molecular weight is 201 g/mol. The highest BCUT2D eigenvalue weighted by Crippen LogP contribution is 2.33. The van der Waals surface area contributed by atoms with Gasteiger partial charge >= 0.3 is 0 Å². The molecule has 0 radical (unpaired) electrons. The topological polar surface area (TPSA) is 27.1 Å².